The predicted molar refractivity (Wildman–Crippen MR) is 151 cm³/mol. The molecule has 2 heterocycles. The highest BCUT2D eigenvalue weighted by molar-refractivity contribution is 7.16. The summed E-state index contributed by atoms with van der Waals surface area (Å²) in [6, 6.07) is 0. The van der Waals surface area contributed by atoms with Crippen molar-refractivity contribution >= 4 is 39.9 Å². The molecule has 0 radical (unpaired) electrons. The van der Waals surface area contributed by atoms with E-state index >= 15 is 0 Å². The summed E-state index contributed by atoms with van der Waals surface area (Å²) in [5.41, 5.74) is 0. The first-order valence-corrected chi connectivity index (χ1v) is 19.6. The van der Waals surface area contributed by atoms with Crippen LogP contribution in [0.1, 0.15) is 74.7 Å². The molecule has 0 aromatic carbocycles. The molecular weight excluding hydrogens is 529 g/mol. The highest BCUT2D eigenvalue weighted by Gasteiger charge is 2.45. The SMILES string of the molecule is CCOC(=O)c1sc(C(=O)OCC)c2c1OC(CO[Si](C)(C)C(C)(C)C)C(CO[Si](C)(C)C(C)(C)C)O2. The largest absolute Gasteiger partial charge is 0.478 e. The number of rotatable bonds is 10. The summed E-state index contributed by atoms with van der Waals surface area (Å²) in [6.45, 7) is 26.2. The summed E-state index contributed by atoms with van der Waals surface area (Å²) < 4.78 is 36.3. The van der Waals surface area contributed by atoms with Gasteiger partial charge in [-0.15, -0.1) is 11.3 Å². The number of ether oxygens (including phenoxy) is 4. The van der Waals surface area contributed by atoms with Gasteiger partial charge in [-0.05, 0) is 50.1 Å². The first-order valence-electron chi connectivity index (χ1n) is 13.0. The third kappa shape index (κ3) is 7.37. The second-order valence-electron chi connectivity index (χ2n) is 12.3. The molecule has 2 unspecified atom stereocenters. The first-order chi connectivity index (χ1) is 16.9. The Morgan fingerprint density at radius 2 is 1.05 bits per heavy atom. The molecule has 1 aromatic heterocycles. The van der Waals surface area contributed by atoms with Crippen molar-refractivity contribution in [3.05, 3.63) is 9.75 Å². The third-order valence-electron chi connectivity index (χ3n) is 7.53. The lowest BCUT2D eigenvalue weighted by atomic mass is 10.2. The summed E-state index contributed by atoms with van der Waals surface area (Å²) >= 11 is 0.968. The molecule has 212 valence electrons. The average Bonchev–Trinajstić information content (AvgIpc) is 3.13. The molecule has 11 heteroatoms. The van der Waals surface area contributed by atoms with E-state index in [1.807, 2.05) is 0 Å². The lowest BCUT2D eigenvalue weighted by Gasteiger charge is -2.41. The number of fused-ring (bicyclic) bond motifs is 1. The van der Waals surface area contributed by atoms with Crippen molar-refractivity contribution in [3.63, 3.8) is 0 Å². The van der Waals surface area contributed by atoms with E-state index in [1.165, 1.54) is 0 Å². The Morgan fingerprint density at radius 1 is 0.730 bits per heavy atom. The molecule has 0 saturated carbocycles. The zero-order valence-corrected chi connectivity index (χ0v) is 27.5. The molecule has 0 saturated heterocycles. The predicted octanol–water partition coefficient (Wildman–Crippen LogP) is 6.65. The molecule has 2 atom stereocenters. The van der Waals surface area contributed by atoms with Crippen LogP contribution in [0.25, 0.3) is 0 Å². The summed E-state index contributed by atoms with van der Waals surface area (Å²) in [5, 5.41) is 0.0206. The van der Waals surface area contributed by atoms with Gasteiger partial charge in [0.05, 0.1) is 26.4 Å². The van der Waals surface area contributed by atoms with Gasteiger partial charge in [0, 0.05) is 0 Å². The monoisotopic (exact) mass is 574 g/mol. The Kier molecular flexibility index (Phi) is 10.1. The maximum absolute atomic E-state index is 12.8. The summed E-state index contributed by atoms with van der Waals surface area (Å²) in [6.07, 6.45) is -1.08. The average molecular weight is 575 g/mol. The minimum atomic E-state index is -2.10. The Labute approximate surface area is 228 Å². The normalized spacial score (nSPS) is 18.5. The molecule has 0 N–H and O–H groups in total. The zero-order valence-electron chi connectivity index (χ0n) is 24.7. The topological polar surface area (TPSA) is 89.5 Å². The van der Waals surface area contributed by atoms with Crippen LogP contribution in [0.4, 0.5) is 0 Å². The van der Waals surface area contributed by atoms with E-state index in [0.29, 0.717) is 0 Å². The van der Waals surface area contributed by atoms with E-state index in [1.54, 1.807) is 13.8 Å². The third-order valence-corrected chi connectivity index (χ3v) is 17.6. The van der Waals surface area contributed by atoms with Crippen LogP contribution in [0.2, 0.25) is 36.3 Å². The second kappa shape index (κ2) is 11.8. The minimum absolute atomic E-state index is 0.0103. The second-order valence-corrected chi connectivity index (χ2v) is 23.0. The van der Waals surface area contributed by atoms with Crippen LogP contribution < -0.4 is 9.47 Å². The number of hydrogen-bond donors (Lipinski definition) is 0. The van der Waals surface area contributed by atoms with E-state index in [2.05, 4.69) is 67.7 Å². The molecule has 0 aliphatic carbocycles. The summed E-state index contributed by atoms with van der Waals surface area (Å²) in [7, 11) is -4.20. The quantitative estimate of drug-likeness (QED) is 0.227. The lowest BCUT2D eigenvalue weighted by Crippen LogP contribution is -2.52. The van der Waals surface area contributed by atoms with Gasteiger partial charge in [0.15, 0.2) is 50.1 Å². The van der Waals surface area contributed by atoms with Gasteiger partial charge >= 0.3 is 11.9 Å². The van der Waals surface area contributed by atoms with Gasteiger partial charge in [-0.1, -0.05) is 41.5 Å². The Morgan fingerprint density at radius 3 is 1.32 bits per heavy atom. The van der Waals surface area contributed by atoms with E-state index < -0.39 is 40.8 Å². The van der Waals surface area contributed by atoms with Crippen molar-refractivity contribution in [3.8, 4) is 11.5 Å². The molecule has 1 aliphatic heterocycles. The molecule has 1 aromatic rings. The van der Waals surface area contributed by atoms with Crippen molar-refractivity contribution in [1.29, 1.82) is 0 Å². The number of thiophene rings is 1. The van der Waals surface area contributed by atoms with Crippen LogP contribution in [-0.4, -0.2) is 67.2 Å². The van der Waals surface area contributed by atoms with E-state index in [-0.39, 0.29) is 57.8 Å². The van der Waals surface area contributed by atoms with Crippen LogP contribution in [0.15, 0.2) is 0 Å². The van der Waals surface area contributed by atoms with Gasteiger partial charge < -0.3 is 27.8 Å². The summed E-state index contributed by atoms with van der Waals surface area (Å²) in [5.74, 6) is -0.719. The van der Waals surface area contributed by atoms with Crippen LogP contribution in [0, 0.1) is 0 Å². The highest BCUT2D eigenvalue weighted by atomic mass is 32.1. The molecule has 1 aliphatic rings. The number of carbonyl (C=O) groups excluding carboxylic acids is 2. The number of hydrogen-bond acceptors (Lipinski definition) is 9. The maximum atomic E-state index is 12.8. The molecule has 0 amide bonds. The standard InChI is InChI=1S/C26H46O8SSi2/c1-13-29-23(27)21-19-20(22(35-21)24(28)30-14-2)34-18(16-32-37(11,12)26(6,7)8)17(33-19)15-31-36(9,10)25(3,4)5/h17-18H,13-16H2,1-12H3. The van der Waals surface area contributed by atoms with Gasteiger partial charge in [0.2, 0.25) is 0 Å². The van der Waals surface area contributed by atoms with Gasteiger partial charge in [0.1, 0.15) is 0 Å². The Bertz CT molecular complexity index is 885. The Balaban J connectivity index is 2.49. The molecule has 0 bridgehead atoms. The number of carbonyl (C=O) groups is 2. The van der Waals surface area contributed by atoms with Gasteiger partial charge in [0.25, 0.3) is 0 Å². The molecule has 2 rings (SSSR count). The minimum Gasteiger partial charge on any atom is -0.478 e. The zero-order chi connectivity index (χ0) is 28.4. The van der Waals surface area contributed by atoms with E-state index in [9.17, 15) is 9.59 Å². The fraction of sp³-hybridized carbons (Fsp3) is 0.769. The number of esters is 2. The fourth-order valence-corrected chi connectivity index (χ4v) is 6.01. The fourth-order valence-electron chi connectivity index (χ4n) is 3.03. The summed E-state index contributed by atoms with van der Waals surface area (Å²) in [4.78, 5) is 25.9. The van der Waals surface area contributed by atoms with Crippen LogP contribution in [-0.2, 0) is 18.3 Å². The first kappa shape index (κ1) is 31.8. The van der Waals surface area contributed by atoms with Gasteiger partial charge in [-0.3, -0.25) is 0 Å². The van der Waals surface area contributed by atoms with Crippen molar-refractivity contribution in [2.75, 3.05) is 26.4 Å². The van der Waals surface area contributed by atoms with Crippen molar-refractivity contribution in [2.24, 2.45) is 0 Å². The maximum Gasteiger partial charge on any atom is 0.352 e. The molecule has 0 spiro atoms. The Hall–Kier alpha value is -1.41. The van der Waals surface area contributed by atoms with Crippen LogP contribution >= 0.6 is 11.3 Å². The molecule has 37 heavy (non-hydrogen) atoms. The van der Waals surface area contributed by atoms with Crippen LogP contribution in [0.5, 0.6) is 11.5 Å². The molecule has 0 fully saturated rings. The molecule has 8 nitrogen and oxygen atoms in total. The van der Waals surface area contributed by atoms with Crippen molar-refractivity contribution in [2.45, 2.75) is 104 Å². The van der Waals surface area contributed by atoms with Crippen molar-refractivity contribution < 1.29 is 37.4 Å². The van der Waals surface area contributed by atoms with Gasteiger partial charge in [-0.25, -0.2) is 9.59 Å². The van der Waals surface area contributed by atoms with Crippen LogP contribution in [0.3, 0.4) is 0 Å². The lowest BCUT2D eigenvalue weighted by molar-refractivity contribution is -0.0307. The van der Waals surface area contributed by atoms with E-state index in [0.717, 1.165) is 11.3 Å². The van der Waals surface area contributed by atoms with Gasteiger partial charge in [-0.2, -0.15) is 0 Å². The molecular formula is C26H46O8SSi2. The van der Waals surface area contributed by atoms with Crippen molar-refractivity contribution in [1.82, 2.24) is 0 Å². The van der Waals surface area contributed by atoms with E-state index in [4.69, 9.17) is 27.8 Å². The highest BCUT2D eigenvalue weighted by Crippen LogP contribution is 2.48. The smallest absolute Gasteiger partial charge is 0.352 e.